The number of benzene rings is 2. The van der Waals surface area contributed by atoms with Gasteiger partial charge in [0, 0.05) is 11.1 Å². The zero-order valence-corrected chi connectivity index (χ0v) is 14.4. The van der Waals surface area contributed by atoms with Crippen molar-refractivity contribution in [1.82, 2.24) is 0 Å². The van der Waals surface area contributed by atoms with Crippen LogP contribution in [0.5, 0.6) is 0 Å². The lowest BCUT2D eigenvalue weighted by molar-refractivity contribution is -0.123. The SMILES string of the molecule is C[C@@H](OC(=O)c1ccc(Br)o1)C(=O)Nc1cccc2ccccc12. The Bertz CT molecular complexity index is 897. The molecule has 0 saturated carbocycles. The van der Waals surface area contributed by atoms with Gasteiger partial charge < -0.3 is 14.5 Å². The van der Waals surface area contributed by atoms with Crippen LogP contribution in [0.25, 0.3) is 10.8 Å². The summed E-state index contributed by atoms with van der Waals surface area (Å²) in [5, 5.41) is 4.72. The highest BCUT2D eigenvalue weighted by Crippen LogP contribution is 2.23. The van der Waals surface area contributed by atoms with Crippen LogP contribution in [0.1, 0.15) is 17.5 Å². The third-order valence-corrected chi connectivity index (χ3v) is 3.90. The molecule has 1 N–H and O–H groups in total. The first-order chi connectivity index (χ1) is 11.5. The van der Waals surface area contributed by atoms with Crippen molar-refractivity contribution in [3.8, 4) is 0 Å². The molecule has 1 heterocycles. The van der Waals surface area contributed by atoms with Crippen LogP contribution < -0.4 is 5.32 Å². The van der Waals surface area contributed by atoms with Gasteiger partial charge in [0.1, 0.15) is 0 Å². The van der Waals surface area contributed by atoms with Gasteiger partial charge in [-0.2, -0.15) is 0 Å². The zero-order valence-electron chi connectivity index (χ0n) is 12.8. The predicted octanol–water partition coefficient (Wildman–Crippen LogP) is 4.38. The average Bonchev–Trinajstić information content (AvgIpc) is 3.01. The summed E-state index contributed by atoms with van der Waals surface area (Å²) in [6.45, 7) is 1.51. The number of furan rings is 1. The van der Waals surface area contributed by atoms with Crippen LogP contribution in [0.4, 0.5) is 5.69 Å². The second-order valence-corrected chi connectivity index (χ2v) is 5.95. The molecule has 0 aliphatic carbocycles. The van der Waals surface area contributed by atoms with E-state index in [1.165, 1.54) is 13.0 Å². The number of ether oxygens (including phenoxy) is 1. The van der Waals surface area contributed by atoms with Crippen LogP contribution in [-0.2, 0) is 9.53 Å². The van der Waals surface area contributed by atoms with E-state index in [0.717, 1.165) is 10.8 Å². The molecule has 24 heavy (non-hydrogen) atoms. The minimum atomic E-state index is -0.958. The van der Waals surface area contributed by atoms with Gasteiger partial charge in [-0.25, -0.2) is 4.79 Å². The van der Waals surface area contributed by atoms with Crippen molar-refractivity contribution < 1.29 is 18.7 Å². The quantitative estimate of drug-likeness (QED) is 0.674. The van der Waals surface area contributed by atoms with Crippen molar-refractivity contribution in [1.29, 1.82) is 0 Å². The van der Waals surface area contributed by atoms with E-state index in [2.05, 4.69) is 21.2 Å². The molecule has 1 atom stereocenters. The summed E-state index contributed by atoms with van der Waals surface area (Å²) in [6, 6.07) is 16.4. The lowest BCUT2D eigenvalue weighted by atomic mass is 10.1. The summed E-state index contributed by atoms with van der Waals surface area (Å²) in [6.07, 6.45) is -0.958. The topological polar surface area (TPSA) is 68.5 Å². The van der Waals surface area contributed by atoms with Gasteiger partial charge in [-0.1, -0.05) is 36.4 Å². The Morgan fingerprint density at radius 2 is 1.83 bits per heavy atom. The molecular formula is C18H14BrNO4. The molecule has 5 nitrogen and oxygen atoms in total. The van der Waals surface area contributed by atoms with Crippen molar-refractivity contribution >= 4 is 44.3 Å². The Morgan fingerprint density at radius 1 is 1.08 bits per heavy atom. The van der Waals surface area contributed by atoms with Gasteiger partial charge >= 0.3 is 5.97 Å². The second kappa shape index (κ2) is 6.88. The number of carbonyl (C=O) groups excluding carboxylic acids is 2. The first-order valence-electron chi connectivity index (χ1n) is 7.29. The minimum absolute atomic E-state index is 0.0340. The Balaban J connectivity index is 1.71. The van der Waals surface area contributed by atoms with Crippen LogP contribution in [0.15, 0.2) is 63.7 Å². The lowest BCUT2D eigenvalue weighted by Crippen LogP contribution is -2.29. The zero-order chi connectivity index (χ0) is 17.1. The Hall–Kier alpha value is -2.60. The molecule has 3 rings (SSSR count). The molecule has 0 aliphatic heterocycles. The molecule has 3 aromatic rings. The van der Waals surface area contributed by atoms with E-state index in [9.17, 15) is 9.59 Å². The number of fused-ring (bicyclic) bond motifs is 1. The van der Waals surface area contributed by atoms with Crippen molar-refractivity contribution in [3.63, 3.8) is 0 Å². The van der Waals surface area contributed by atoms with Crippen LogP contribution in [0.2, 0.25) is 0 Å². The number of amides is 1. The maximum absolute atomic E-state index is 12.3. The molecular weight excluding hydrogens is 374 g/mol. The molecule has 0 radical (unpaired) electrons. The van der Waals surface area contributed by atoms with Gasteiger partial charge in [0.05, 0.1) is 0 Å². The van der Waals surface area contributed by atoms with E-state index >= 15 is 0 Å². The fourth-order valence-electron chi connectivity index (χ4n) is 2.26. The van der Waals surface area contributed by atoms with Gasteiger partial charge in [-0.3, -0.25) is 4.79 Å². The van der Waals surface area contributed by atoms with E-state index in [4.69, 9.17) is 9.15 Å². The van der Waals surface area contributed by atoms with Crippen molar-refractivity contribution in [2.75, 3.05) is 5.32 Å². The average molecular weight is 388 g/mol. The predicted molar refractivity (Wildman–Crippen MR) is 93.9 cm³/mol. The molecule has 0 bridgehead atoms. The van der Waals surface area contributed by atoms with Crippen molar-refractivity contribution in [2.45, 2.75) is 13.0 Å². The second-order valence-electron chi connectivity index (χ2n) is 5.17. The Morgan fingerprint density at radius 3 is 2.58 bits per heavy atom. The highest BCUT2D eigenvalue weighted by molar-refractivity contribution is 9.10. The van der Waals surface area contributed by atoms with Crippen LogP contribution >= 0.6 is 15.9 Å². The minimum Gasteiger partial charge on any atom is -0.447 e. The summed E-state index contributed by atoms with van der Waals surface area (Å²) in [5.41, 5.74) is 0.668. The number of hydrogen-bond donors (Lipinski definition) is 1. The fourth-order valence-corrected chi connectivity index (χ4v) is 2.57. The monoisotopic (exact) mass is 387 g/mol. The number of nitrogens with one attached hydrogen (secondary N) is 1. The van der Waals surface area contributed by atoms with E-state index < -0.39 is 18.0 Å². The first-order valence-corrected chi connectivity index (χ1v) is 8.09. The van der Waals surface area contributed by atoms with E-state index in [0.29, 0.717) is 10.4 Å². The summed E-state index contributed by atoms with van der Waals surface area (Å²) in [4.78, 5) is 24.2. The third kappa shape index (κ3) is 3.49. The molecule has 0 fully saturated rings. The molecule has 6 heteroatoms. The molecule has 1 amide bonds. The Kier molecular flexibility index (Phi) is 4.66. The number of hydrogen-bond acceptors (Lipinski definition) is 4. The smallest absolute Gasteiger partial charge is 0.375 e. The van der Waals surface area contributed by atoms with Crippen LogP contribution in [0.3, 0.4) is 0 Å². The lowest BCUT2D eigenvalue weighted by Gasteiger charge is -2.14. The van der Waals surface area contributed by atoms with Gasteiger partial charge in [0.2, 0.25) is 5.76 Å². The maximum atomic E-state index is 12.3. The summed E-state index contributed by atoms with van der Waals surface area (Å²) >= 11 is 3.11. The number of anilines is 1. The van der Waals surface area contributed by atoms with E-state index in [1.54, 1.807) is 12.1 Å². The summed E-state index contributed by atoms with van der Waals surface area (Å²) < 4.78 is 10.7. The number of rotatable bonds is 4. The van der Waals surface area contributed by atoms with Gasteiger partial charge in [-0.15, -0.1) is 0 Å². The first kappa shape index (κ1) is 16.3. The van der Waals surface area contributed by atoms with Gasteiger partial charge in [-0.05, 0) is 46.4 Å². The number of carbonyl (C=O) groups is 2. The number of halogens is 1. The molecule has 0 unspecified atom stereocenters. The van der Waals surface area contributed by atoms with E-state index in [1.807, 2.05) is 36.4 Å². The summed E-state index contributed by atoms with van der Waals surface area (Å²) in [5.74, 6) is -1.07. The van der Waals surface area contributed by atoms with Crippen LogP contribution in [0, 0.1) is 0 Å². The van der Waals surface area contributed by atoms with Gasteiger partial charge in [0.25, 0.3) is 5.91 Å². The highest BCUT2D eigenvalue weighted by atomic mass is 79.9. The molecule has 1 aromatic heterocycles. The van der Waals surface area contributed by atoms with Crippen LogP contribution in [-0.4, -0.2) is 18.0 Å². The molecule has 0 saturated heterocycles. The third-order valence-electron chi connectivity index (χ3n) is 3.47. The van der Waals surface area contributed by atoms with Crippen molar-refractivity contribution in [2.24, 2.45) is 0 Å². The standard InChI is InChI=1S/C18H14BrNO4/c1-11(23-18(22)15-9-10-16(19)24-15)17(21)20-14-8-4-6-12-5-2-3-7-13(12)14/h2-11H,1H3,(H,20,21)/t11-/m1/s1. The maximum Gasteiger partial charge on any atom is 0.375 e. The fraction of sp³-hybridized carbons (Fsp3) is 0.111. The van der Waals surface area contributed by atoms with E-state index in [-0.39, 0.29) is 5.76 Å². The molecule has 0 aliphatic rings. The summed E-state index contributed by atoms with van der Waals surface area (Å²) in [7, 11) is 0. The van der Waals surface area contributed by atoms with Gasteiger partial charge in [0.15, 0.2) is 10.8 Å². The largest absolute Gasteiger partial charge is 0.447 e. The Labute approximate surface area is 146 Å². The molecule has 122 valence electrons. The van der Waals surface area contributed by atoms with Crippen molar-refractivity contribution in [3.05, 3.63) is 65.0 Å². The molecule has 2 aromatic carbocycles. The molecule has 0 spiro atoms. The number of esters is 1. The normalized spacial score (nSPS) is 11.9. The highest BCUT2D eigenvalue weighted by Gasteiger charge is 2.21.